The molecule has 2 aromatic rings. The standard InChI is InChI=1S/C24H31N3O2/c1-2-16-27(23(28)13-12-19-8-6-7-11-22(19)25)21-14-17-26(18-15-21)24(29)20-9-4-3-5-10-20/h3-11,21H,2,12-18,25H2,1H3. The largest absolute Gasteiger partial charge is 0.399 e. The average Bonchev–Trinajstić information content (AvgIpc) is 2.77. The Balaban J connectivity index is 1.56. The van der Waals surface area contributed by atoms with E-state index in [2.05, 4.69) is 6.92 Å². The summed E-state index contributed by atoms with van der Waals surface area (Å²) in [7, 11) is 0. The number of carbonyl (C=O) groups is 2. The number of nitrogens with zero attached hydrogens (tertiary/aromatic N) is 2. The van der Waals surface area contributed by atoms with Gasteiger partial charge in [0, 0.05) is 43.3 Å². The summed E-state index contributed by atoms with van der Waals surface area (Å²) in [5.41, 5.74) is 8.52. The van der Waals surface area contributed by atoms with Gasteiger partial charge in [-0.25, -0.2) is 0 Å². The Morgan fingerprint density at radius 2 is 1.69 bits per heavy atom. The molecule has 1 heterocycles. The Labute approximate surface area is 173 Å². The highest BCUT2D eigenvalue weighted by Gasteiger charge is 2.29. The number of hydrogen-bond donors (Lipinski definition) is 1. The lowest BCUT2D eigenvalue weighted by molar-refractivity contribution is -0.134. The first-order valence-corrected chi connectivity index (χ1v) is 10.6. The highest BCUT2D eigenvalue weighted by molar-refractivity contribution is 5.94. The van der Waals surface area contributed by atoms with Crippen LogP contribution in [0.2, 0.25) is 0 Å². The van der Waals surface area contributed by atoms with Crippen molar-refractivity contribution in [2.75, 3.05) is 25.4 Å². The van der Waals surface area contributed by atoms with Gasteiger partial charge in [0.1, 0.15) is 0 Å². The minimum absolute atomic E-state index is 0.0805. The Morgan fingerprint density at radius 3 is 2.34 bits per heavy atom. The van der Waals surface area contributed by atoms with E-state index in [9.17, 15) is 9.59 Å². The number of anilines is 1. The fraction of sp³-hybridized carbons (Fsp3) is 0.417. The Bertz CT molecular complexity index is 814. The zero-order valence-corrected chi connectivity index (χ0v) is 17.2. The minimum atomic E-state index is 0.0805. The first-order valence-electron chi connectivity index (χ1n) is 10.6. The molecule has 0 saturated carbocycles. The zero-order valence-electron chi connectivity index (χ0n) is 17.2. The molecule has 1 fully saturated rings. The van der Waals surface area contributed by atoms with Gasteiger partial charge < -0.3 is 15.5 Å². The number of aryl methyl sites for hydroxylation is 1. The highest BCUT2D eigenvalue weighted by atomic mass is 16.2. The van der Waals surface area contributed by atoms with Crippen LogP contribution >= 0.6 is 0 Å². The number of carbonyl (C=O) groups excluding carboxylic acids is 2. The van der Waals surface area contributed by atoms with Gasteiger partial charge in [-0.05, 0) is 49.4 Å². The van der Waals surface area contributed by atoms with Gasteiger partial charge in [-0.15, -0.1) is 0 Å². The smallest absolute Gasteiger partial charge is 0.253 e. The van der Waals surface area contributed by atoms with Gasteiger partial charge in [-0.3, -0.25) is 9.59 Å². The second-order valence-corrected chi connectivity index (χ2v) is 7.68. The molecule has 2 aromatic carbocycles. The summed E-state index contributed by atoms with van der Waals surface area (Å²) in [6, 6.07) is 17.4. The molecule has 1 aliphatic heterocycles. The molecule has 1 aliphatic rings. The first kappa shape index (κ1) is 20.9. The first-order chi connectivity index (χ1) is 14.1. The molecule has 0 radical (unpaired) electrons. The van der Waals surface area contributed by atoms with Crippen LogP contribution in [-0.2, 0) is 11.2 Å². The van der Waals surface area contributed by atoms with Crippen molar-refractivity contribution in [2.24, 2.45) is 0 Å². The lowest BCUT2D eigenvalue weighted by atomic mass is 10.0. The molecule has 0 aliphatic carbocycles. The summed E-state index contributed by atoms with van der Waals surface area (Å²) < 4.78 is 0. The van der Waals surface area contributed by atoms with Gasteiger partial charge in [0.2, 0.25) is 5.91 Å². The third-order valence-corrected chi connectivity index (χ3v) is 5.66. The van der Waals surface area contributed by atoms with Crippen molar-refractivity contribution in [2.45, 2.75) is 45.1 Å². The predicted molar refractivity (Wildman–Crippen MR) is 117 cm³/mol. The third-order valence-electron chi connectivity index (χ3n) is 5.66. The summed E-state index contributed by atoms with van der Waals surface area (Å²) >= 11 is 0. The third kappa shape index (κ3) is 5.37. The van der Waals surface area contributed by atoms with Crippen LogP contribution in [0.5, 0.6) is 0 Å². The van der Waals surface area contributed by atoms with Crippen LogP contribution in [0, 0.1) is 0 Å². The maximum absolute atomic E-state index is 13.0. The van der Waals surface area contributed by atoms with Crippen LogP contribution in [0.1, 0.15) is 48.5 Å². The van der Waals surface area contributed by atoms with Crippen LogP contribution in [-0.4, -0.2) is 47.3 Å². The summed E-state index contributed by atoms with van der Waals surface area (Å²) in [4.78, 5) is 29.6. The van der Waals surface area contributed by atoms with Gasteiger partial charge in [0.25, 0.3) is 5.91 Å². The number of piperidine rings is 1. The molecule has 2 amide bonds. The van der Waals surface area contributed by atoms with Crippen LogP contribution in [0.4, 0.5) is 5.69 Å². The molecule has 5 heteroatoms. The van der Waals surface area contributed by atoms with Gasteiger partial charge in [-0.2, -0.15) is 0 Å². The van der Waals surface area contributed by atoms with Crippen molar-refractivity contribution in [1.82, 2.24) is 9.80 Å². The SMILES string of the molecule is CCCN(C(=O)CCc1ccccc1N)C1CCN(C(=O)c2ccccc2)CC1. The summed E-state index contributed by atoms with van der Waals surface area (Å²) in [6.45, 7) is 4.25. The van der Waals surface area contributed by atoms with E-state index in [0.717, 1.165) is 42.6 Å². The molecule has 29 heavy (non-hydrogen) atoms. The quantitative estimate of drug-likeness (QED) is 0.729. The zero-order chi connectivity index (χ0) is 20.6. The van der Waals surface area contributed by atoms with Crippen LogP contribution < -0.4 is 5.73 Å². The van der Waals surface area contributed by atoms with Crippen molar-refractivity contribution in [3.63, 3.8) is 0 Å². The van der Waals surface area contributed by atoms with Crippen molar-refractivity contribution in [1.29, 1.82) is 0 Å². The van der Waals surface area contributed by atoms with Crippen molar-refractivity contribution in [3.8, 4) is 0 Å². The summed E-state index contributed by atoms with van der Waals surface area (Å²) in [5, 5.41) is 0. The number of hydrogen-bond acceptors (Lipinski definition) is 3. The fourth-order valence-corrected chi connectivity index (χ4v) is 4.04. The Hall–Kier alpha value is -2.82. The van der Waals surface area contributed by atoms with Gasteiger partial charge in [0.05, 0.1) is 0 Å². The molecule has 1 saturated heterocycles. The average molecular weight is 394 g/mol. The van der Waals surface area contributed by atoms with E-state index in [1.807, 2.05) is 64.4 Å². The topological polar surface area (TPSA) is 66.6 Å². The molecule has 0 aromatic heterocycles. The van der Waals surface area contributed by atoms with E-state index in [4.69, 9.17) is 5.73 Å². The second-order valence-electron chi connectivity index (χ2n) is 7.68. The molecule has 0 bridgehead atoms. The van der Waals surface area contributed by atoms with E-state index in [1.165, 1.54) is 0 Å². The maximum Gasteiger partial charge on any atom is 0.253 e. The summed E-state index contributed by atoms with van der Waals surface area (Å²) in [6.07, 6.45) is 3.73. The number of nitrogens with two attached hydrogens (primary N) is 1. The van der Waals surface area contributed by atoms with Crippen LogP contribution in [0.3, 0.4) is 0 Å². The van der Waals surface area contributed by atoms with Crippen LogP contribution in [0.25, 0.3) is 0 Å². The number of nitrogen functional groups attached to an aromatic ring is 1. The van der Waals surface area contributed by atoms with Gasteiger partial charge in [-0.1, -0.05) is 43.3 Å². The summed E-state index contributed by atoms with van der Waals surface area (Å²) in [5.74, 6) is 0.264. The number of likely N-dealkylation sites (tertiary alicyclic amines) is 1. The molecule has 154 valence electrons. The normalized spacial score (nSPS) is 14.6. The van der Waals surface area contributed by atoms with Gasteiger partial charge in [0.15, 0.2) is 0 Å². The number of para-hydroxylation sites is 1. The molecular weight excluding hydrogens is 362 g/mol. The molecule has 5 nitrogen and oxygen atoms in total. The van der Waals surface area contributed by atoms with Crippen molar-refractivity contribution >= 4 is 17.5 Å². The Kier molecular flexibility index (Phi) is 7.28. The van der Waals surface area contributed by atoms with E-state index in [1.54, 1.807) is 0 Å². The maximum atomic E-state index is 13.0. The van der Waals surface area contributed by atoms with E-state index in [0.29, 0.717) is 25.9 Å². The van der Waals surface area contributed by atoms with E-state index >= 15 is 0 Å². The van der Waals surface area contributed by atoms with Crippen LogP contribution in [0.15, 0.2) is 54.6 Å². The number of benzene rings is 2. The lowest BCUT2D eigenvalue weighted by Gasteiger charge is -2.38. The highest BCUT2D eigenvalue weighted by Crippen LogP contribution is 2.21. The fourth-order valence-electron chi connectivity index (χ4n) is 4.04. The van der Waals surface area contributed by atoms with Crippen molar-refractivity contribution < 1.29 is 9.59 Å². The molecular formula is C24H31N3O2. The van der Waals surface area contributed by atoms with Gasteiger partial charge >= 0.3 is 0 Å². The monoisotopic (exact) mass is 393 g/mol. The van der Waals surface area contributed by atoms with E-state index < -0.39 is 0 Å². The molecule has 0 spiro atoms. The van der Waals surface area contributed by atoms with E-state index in [-0.39, 0.29) is 17.9 Å². The molecule has 2 N–H and O–H groups in total. The predicted octanol–water partition coefficient (Wildman–Crippen LogP) is 3.74. The molecule has 0 unspecified atom stereocenters. The second kappa shape index (κ2) is 10.1. The Morgan fingerprint density at radius 1 is 1.03 bits per heavy atom. The molecule has 3 rings (SSSR count). The molecule has 0 atom stereocenters. The minimum Gasteiger partial charge on any atom is -0.399 e. The number of rotatable bonds is 7. The lowest BCUT2D eigenvalue weighted by Crippen LogP contribution is -2.49. The van der Waals surface area contributed by atoms with Crippen molar-refractivity contribution in [3.05, 3.63) is 65.7 Å². The number of amides is 2.